The minimum Gasteiger partial charge on any atom is -0.370 e. The van der Waals surface area contributed by atoms with Crippen LogP contribution in [0.4, 0.5) is 5.82 Å². The van der Waals surface area contributed by atoms with Crippen LogP contribution < -0.4 is 11.1 Å². The number of rotatable bonds is 6. The van der Waals surface area contributed by atoms with Gasteiger partial charge in [0.1, 0.15) is 0 Å². The maximum Gasteiger partial charge on any atom is 0.214 e. The molecule has 26 heavy (non-hydrogen) atoms. The number of hydrogen-bond acceptors (Lipinski definition) is 6. The Kier molecular flexibility index (Phi) is 4.97. The zero-order chi connectivity index (χ0) is 18.9. The van der Waals surface area contributed by atoms with Gasteiger partial charge in [0.05, 0.1) is 4.90 Å². The maximum absolute atomic E-state index is 13.2. The number of aryl methyl sites for hydroxylation is 2. The molecular weight excluding hydrogens is 350 g/mol. The van der Waals surface area contributed by atoms with Crippen molar-refractivity contribution in [2.24, 2.45) is 5.73 Å². The van der Waals surface area contributed by atoms with Gasteiger partial charge < -0.3 is 11.1 Å². The van der Waals surface area contributed by atoms with Crippen molar-refractivity contribution in [1.82, 2.24) is 14.6 Å². The van der Waals surface area contributed by atoms with Crippen molar-refractivity contribution in [1.29, 1.82) is 0 Å². The fourth-order valence-corrected chi connectivity index (χ4v) is 4.63. The molecule has 0 fully saturated rings. The smallest absolute Gasteiger partial charge is 0.214 e. The Bertz CT molecular complexity index is 1040. The van der Waals surface area contributed by atoms with Gasteiger partial charge in [-0.1, -0.05) is 18.2 Å². The Balaban J connectivity index is 2.30. The molecule has 0 atom stereocenters. The van der Waals surface area contributed by atoms with Crippen molar-refractivity contribution in [3.63, 3.8) is 0 Å². The molecule has 0 aliphatic carbocycles. The average Bonchev–Trinajstić information content (AvgIpc) is 3.01. The van der Waals surface area contributed by atoms with E-state index in [2.05, 4.69) is 15.4 Å². The highest BCUT2D eigenvalue weighted by atomic mass is 32.2. The van der Waals surface area contributed by atoms with E-state index < -0.39 is 9.84 Å². The fraction of sp³-hybridized carbons (Fsp3) is 0.333. The van der Waals surface area contributed by atoms with Crippen LogP contribution in [0.3, 0.4) is 0 Å². The lowest BCUT2D eigenvalue weighted by atomic mass is 10.1. The molecule has 1 aromatic carbocycles. The highest BCUT2D eigenvalue weighted by Gasteiger charge is 2.29. The minimum absolute atomic E-state index is 0.0998. The third-order valence-electron chi connectivity index (χ3n) is 4.47. The van der Waals surface area contributed by atoms with Crippen LogP contribution >= 0.6 is 0 Å². The number of anilines is 1. The Morgan fingerprint density at radius 2 is 1.88 bits per heavy atom. The van der Waals surface area contributed by atoms with Crippen LogP contribution in [0.5, 0.6) is 0 Å². The standard InChI is InChI=1S/C18H23N5O2S/c1-12-15(10-7-11-19)13(2)23-18(21-12)16(17(20-3)22-23)26(24,25)14-8-5-4-6-9-14/h4-6,8-9H,7,10-11,19H2,1-3H3,(H,20,22). The summed E-state index contributed by atoms with van der Waals surface area (Å²) in [7, 11) is -2.10. The highest BCUT2D eigenvalue weighted by molar-refractivity contribution is 7.91. The maximum atomic E-state index is 13.2. The summed E-state index contributed by atoms with van der Waals surface area (Å²) >= 11 is 0. The lowest BCUT2D eigenvalue weighted by molar-refractivity contribution is 0.597. The SMILES string of the molecule is CNc1nn2c(C)c(CCCN)c(C)nc2c1S(=O)(=O)c1ccccc1. The summed E-state index contributed by atoms with van der Waals surface area (Å²) < 4.78 is 28.0. The quantitative estimate of drug-likeness (QED) is 0.686. The van der Waals surface area contributed by atoms with Crippen molar-refractivity contribution in [2.45, 2.75) is 36.5 Å². The first-order valence-electron chi connectivity index (χ1n) is 8.48. The summed E-state index contributed by atoms with van der Waals surface area (Å²) in [6.07, 6.45) is 1.62. The summed E-state index contributed by atoms with van der Waals surface area (Å²) in [6.45, 7) is 4.41. The molecule has 0 radical (unpaired) electrons. The lowest BCUT2D eigenvalue weighted by Gasteiger charge is -2.11. The van der Waals surface area contributed by atoms with Gasteiger partial charge in [0.2, 0.25) is 9.84 Å². The normalized spacial score (nSPS) is 11.8. The van der Waals surface area contributed by atoms with E-state index >= 15 is 0 Å². The van der Waals surface area contributed by atoms with Gasteiger partial charge in [-0.15, -0.1) is 5.10 Å². The van der Waals surface area contributed by atoms with Gasteiger partial charge >= 0.3 is 0 Å². The zero-order valence-corrected chi connectivity index (χ0v) is 16.0. The molecule has 8 heteroatoms. The van der Waals surface area contributed by atoms with Gasteiger partial charge in [-0.2, -0.15) is 0 Å². The van der Waals surface area contributed by atoms with Crippen LogP contribution in [-0.2, 0) is 16.3 Å². The number of nitrogens with one attached hydrogen (secondary N) is 1. The van der Waals surface area contributed by atoms with Gasteiger partial charge in [0.25, 0.3) is 0 Å². The molecule has 2 heterocycles. The Labute approximate surface area is 153 Å². The molecule has 0 saturated carbocycles. The van der Waals surface area contributed by atoms with Crippen molar-refractivity contribution >= 4 is 21.3 Å². The van der Waals surface area contributed by atoms with Gasteiger partial charge in [0.15, 0.2) is 16.4 Å². The Hall–Kier alpha value is -2.45. The van der Waals surface area contributed by atoms with Crippen molar-refractivity contribution in [3.8, 4) is 0 Å². The predicted molar refractivity (Wildman–Crippen MR) is 101 cm³/mol. The molecular formula is C18H23N5O2S. The first-order chi connectivity index (χ1) is 12.4. The predicted octanol–water partition coefficient (Wildman–Crippen LogP) is 2.11. The minimum atomic E-state index is -3.76. The van der Waals surface area contributed by atoms with Crippen molar-refractivity contribution in [3.05, 3.63) is 47.3 Å². The van der Waals surface area contributed by atoms with Crippen molar-refractivity contribution < 1.29 is 8.42 Å². The third-order valence-corrected chi connectivity index (χ3v) is 6.28. The molecule has 0 unspecified atom stereocenters. The number of fused-ring (bicyclic) bond motifs is 1. The number of aromatic nitrogens is 3. The first kappa shape index (κ1) is 18.3. The fourth-order valence-electron chi connectivity index (χ4n) is 3.11. The molecule has 3 aromatic rings. The van der Waals surface area contributed by atoms with Gasteiger partial charge in [0, 0.05) is 18.4 Å². The molecule has 0 aliphatic rings. The van der Waals surface area contributed by atoms with Gasteiger partial charge in [-0.25, -0.2) is 17.9 Å². The second-order valence-electron chi connectivity index (χ2n) is 6.13. The number of nitrogens with two attached hydrogens (primary N) is 1. The topological polar surface area (TPSA) is 102 Å². The number of benzene rings is 1. The molecule has 3 N–H and O–H groups in total. The van der Waals surface area contributed by atoms with E-state index in [0.29, 0.717) is 18.0 Å². The molecule has 0 saturated heterocycles. The molecule has 138 valence electrons. The summed E-state index contributed by atoms with van der Waals surface area (Å²) in [4.78, 5) is 4.91. The molecule has 0 amide bonds. The van der Waals surface area contributed by atoms with Gasteiger partial charge in [-0.05, 0) is 50.9 Å². The van der Waals surface area contributed by atoms with E-state index in [1.807, 2.05) is 13.8 Å². The van der Waals surface area contributed by atoms with Crippen molar-refractivity contribution in [2.75, 3.05) is 18.9 Å². The summed E-state index contributed by atoms with van der Waals surface area (Å²) in [5.74, 6) is 0.292. The van der Waals surface area contributed by atoms with Crippen LogP contribution in [0.25, 0.3) is 5.65 Å². The number of hydrogen-bond donors (Lipinski definition) is 2. The molecule has 2 aromatic heterocycles. The summed E-state index contributed by atoms with van der Waals surface area (Å²) in [5.41, 5.74) is 8.70. The Morgan fingerprint density at radius 3 is 2.50 bits per heavy atom. The van der Waals surface area contributed by atoms with Gasteiger partial charge in [-0.3, -0.25) is 0 Å². The third kappa shape index (κ3) is 2.95. The van der Waals surface area contributed by atoms with E-state index in [1.54, 1.807) is 41.9 Å². The van der Waals surface area contributed by atoms with Crippen LogP contribution in [0.15, 0.2) is 40.1 Å². The lowest BCUT2D eigenvalue weighted by Crippen LogP contribution is -2.09. The van der Waals surface area contributed by atoms with E-state index in [0.717, 1.165) is 29.8 Å². The van der Waals surface area contributed by atoms with Crippen LogP contribution in [0.1, 0.15) is 23.4 Å². The average molecular weight is 373 g/mol. The zero-order valence-electron chi connectivity index (χ0n) is 15.2. The van der Waals surface area contributed by atoms with E-state index in [4.69, 9.17) is 5.73 Å². The second kappa shape index (κ2) is 7.05. The van der Waals surface area contributed by atoms with Crippen LogP contribution in [-0.4, -0.2) is 36.6 Å². The molecule has 0 spiro atoms. The molecule has 0 aliphatic heterocycles. The first-order valence-corrected chi connectivity index (χ1v) is 9.97. The van der Waals surface area contributed by atoms with E-state index in [1.165, 1.54) is 0 Å². The molecule has 3 rings (SSSR count). The summed E-state index contributed by atoms with van der Waals surface area (Å²) in [6, 6.07) is 8.34. The van der Waals surface area contributed by atoms with E-state index in [-0.39, 0.29) is 9.79 Å². The highest BCUT2D eigenvalue weighted by Crippen LogP contribution is 2.32. The Morgan fingerprint density at radius 1 is 1.19 bits per heavy atom. The summed E-state index contributed by atoms with van der Waals surface area (Å²) in [5, 5.41) is 7.36. The molecule has 0 bridgehead atoms. The monoisotopic (exact) mass is 373 g/mol. The second-order valence-corrected chi connectivity index (χ2v) is 8.02. The number of nitrogens with zero attached hydrogens (tertiary/aromatic N) is 3. The van der Waals surface area contributed by atoms with Crippen LogP contribution in [0, 0.1) is 13.8 Å². The largest absolute Gasteiger partial charge is 0.370 e. The van der Waals surface area contributed by atoms with E-state index in [9.17, 15) is 8.42 Å². The number of sulfone groups is 1. The molecule has 7 nitrogen and oxygen atoms in total. The van der Waals surface area contributed by atoms with Crippen LogP contribution in [0.2, 0.25) is 0 Å².